The fourth-order valence-electron chi connectivity index (χ4n) is 1.59. The third kappa shape index (κ3) is 4.23. The Morgan fingerprint density at radius 3 is 2.24 bits per heavy atom. The summed E-state index contributed by atoms with van der Waals surface area (Å²) in [7, 11) is 1.74. The summed E-state index contributed by atoms with van der Waals surface area (Å²) in [5, 5.41) is 21.5. The van der Waals surface area contributed by atoms with Crippen molar-refractivity contribution in [2.24, 2.45) is 7.05 Å². The van der Waals surface area contributed by atoms with E-state index in [4.69, 9.17) is 10.2 Å². The Morgan fingerprint density at radius 2 is 1.88 bits per heavy atom. The molecule has 94 valence electrons. The van der Waals surface area contributed by atoms with Crippen LogP contribution in [0.15, 0.2) is 6.07 Å². The van der Waals surface area contributed by atoms with Crippen LogP contribution in [0.3, 0.4) is 0 Å². The lowest BCUT2D eigenvalue weighted by atomic mass is 10.3. The molecule has 0 aromatic carbocycles. The molecule has 1 rings (SSSR count). The Morgan fingerprint density at radius 1 is 1.35 bits per heavy atom. The van der Waals surface area contributed by atoms with Crippen LogP contribution in [0.5, 0.6) is 0 Å². The van der Waals surface area contributed by atoms with E-state index >= 15 is 0 Å². The lowest BCUT2D eigenvalue weighted by Crippen LogP contribution is -2.34. The van der Waals surface area contributed by atoms with Crippen molar-refractivity contribution in [2.45, 2.75) is 13.5 Å². The average molecular weight is 241 g/mol. The molecule has 0 bridgehead atoms. The fraction of sp³-hybridized carbons (Fsp3) is 0.500. The van der Waals surface area contributed by atoms with Crippen LogP contribution in [0.2, 0.25) is 0 Å². The number of carboxylic acids is 2. The molecule has 0 amide bonds. The highest BCUT2D eigenvalue weighted by Gasteiger charge is 2.15. The molecule has 0 saturated heterocycles. The van der Waals surface area contributed by atoms with Gasteiger partial charge >= 0.3 is 11.9 Å². The molecule has 1 aromatic heterocycles. The van der Waals surface area contributed by atoms with Crippen LogP contribution < -0.4 is 0 Å². The number of rotatable bonds is 6. The lowest BCUT2D eigenvalue weighted by Gasteiger charge is -2.17. The van der Waals surface area contributed by atoms with E-state index in [1.165, 1.54) is 4.90 Å². The van der Waals surface area contributed by atoms with Crippen LogP contribution in [0.1, 0.15) is 11.4 Å². The maximum atomic E-state index is 10.6. The minimum absolute atomic E-state index is 0.246. The van der Waals surface area contributed by atoms with Gasteiger partial charge < -0.3 is 10.2 Å². The van der Waals surface area contributed by atoms with E-state index in [1.54, 1.807) is 17.8 Å². The molecule has 0 aliphatic rings. The van der Waals surface area contributed by atoms with Gasteiger partial charge in [0.25, 0.3) is 0 Å². The van der Waals surface area contributed by atoms with Crippen LogP contribution in [-0.2, 0) is 23.2 Å². The van der Waals surface area contributed by atoms with Crippen LogP contribution in [-0.4, -0.2) is 49.9 Å². The van der Waals surface area contributed by atoms with E-state index in [9.17, 15) is 9.59 Å². The standard InChI is InChI=1S/C10H15N3O4/c1-7-3-8(12(2)11-7)4-13(5-9(14)15)6-10(16)17/h3H,4-6H2,1-2H3,(H,14,15)(H,16,17). The fourth-order valence-corrected chi connectivity index (χ4v) is 1.59. The summed E-state index contributed by atoms with van der Waals surface area (Å²) in [5.74, 6) is -2.10. The minimum Gasteiger partial charge on any atom is -0.480 e. The molecule has 17 heavy (non-hydrogen) atoms. The van der Waals surface area contributed by atoms with Crippen molar-refractivity contribution in [2.75, 3.05) is 13.1 Å². The summed E-state index contributed by atoms with van der Waals surface area (Å²) in [4.78, 5) is 22.6. The van der Waals surface area contributed by atoms with Crippen molar-refractivity contribution in [1.29, 1.82) is 0 Å². The molecule has 2 N–H and O–H groups in total. The Hall–Kier alpha value is -1.89. The Balaban J connectivity index is 2.74. The van der Waals surface area contributed by atoms with Gasteiger partial charge in [-0.25, -0.2) is 0 Å². The molecule has 1 heterocycles. The van der Waals surface area contributed by atoms with Gasteiger partial charge in [0.05, 0.1) is 24.5 Å². The summed E-state index contributed by atoms with van der Waals surface area (Å²) in [6.07, 6.45) is 0. The topological polar surface area (TPSA) is 95.7 Å². The van der Waals surface area contributed by atoms with Crippen LogP contribution in [0.4, 0.5) is 0 Å². The number of carbonyl (C=O) groups is 2. The number of aliphatic carboxylic acids is 2. The van der Waals surface area contributed by atoms with Gasteiger partial charge in [-0.05, 0) is 13.0 Å². The minimum atomic E-state index is -1.05. The third-order valence-electron chi connectivity index (χ3n) is 2.20. The van der Waals surface area contributed by atoms with Gasteiger partial charge in [-0.2, -0.15) is 5.10 Å². The van der Waals surface area contributed by atoms with Crippen molar-refractivity contribution >= 4 is 11.9 Å². The van der Waals surface area contributed by atoms with E-state index in [0.29, 0.717) is 0 Å². The number of aromatic nitrogens is 2. The predicted molar refractivity (Wildman–Crippen MR) is 58.5 cm³/mol. The summed E-state index contributed by atoms with van der Waals surface area (Å²) >= 11 is 0. The quantitative estimate of drug-likeness (QED) is 0.710. The highest BCUT2D eigenvalue weighted by molar-refractivity contribution is 5.72. The first-order chi connectivity index (χ1) is 7.88. The van der Waals surface area contributed by atoms with Crippen molar-refractivity contribution < 1.29 is 19.8 Å². The zero-order valence-corrected chi connectivity index (χ0v) is 9.75. The van der Waals surface area contributed by atoms with Crippen molar-refractivity contribution in [3.05, 3.63) is 17.5 Å². The SMILES string of the molecule is Cc1cc(CN(CC(=O)O)CC(=O)O)n(C)n1. The second-order valence-corrected chi connectivity index (χ2v) is 3.83. The van der Waals surface area contributed by atoms with E-state index in [-0.39, 0.29) is 19.6 Å². The summed E-state index contributed by atoms with van der Waals surface area (Å²) < 4.78 is 1.62. The Kier molecular flexibility index (Phi) is 4.22. The van der Waals surface area contributed by atoms with E-state index in [0.717, 1.165) is 11.4 Å². The summed E-state index contributed by atoms with van der Waals surface area (Å²) in [5.41, 5.74) is 1.60. The number of carboxylic acid groups (broad SMARTS) is 2. The number of hydrogen-bond donors (Lipinski definition) is 2. The predicted octanol–water partition coefficient (Wildman–Crippen LogP) is -0.300. The molecule has 0 aliphatic heterocycles. The molecule has 1 aromatic rings. The molecule has 0 unspecified atom stereocenters. The van der Waals surface area contributed by atoms with Gasteiger partial charge in [0.2, 0.25) is 0 Å². The van der Waals surface area contributed by atoms with Crippen molar-refractivity contribution in [3.8, 4) is 0 Å². The second-order valence-electron chi connectivity index (χ2n) is 3.83. The van der Waals surface area contributed by atoms with Gasteiger partial charge in [0.15, 0.2) is 0 Å². The zero-order chi connectivity index (χ0) is 13.0. The van der Waals surface area contributed by atoms with E-state index < -0.39 is 11.9 Å². The second kappa shape index (κ2) is 5.44. The number of hydrogen-bond acceptors (Lipinski definition) is 4. The zero-order valence-electron chi connectivity index (χ0n) is 9.75. The van der Waals surface area contributed by atoms with Gasteiger partial charge in [-0.3, -0.25) is 19.2 Å². The molecular weight excluding hydrogens is 226 g/mol. The molecule has 0 radical (unpaired) electrons. The summed E-state index contributed by atoms with van der Waals surface area (Å²) in [6, 6.07) is 1.80. The van der Waals surface area contributed by atoms with E-state index in [2.05, 4.69) is 5.10 Å². The molecule has 0 fully saturated rings. The smallest absolute Gasteiger partial charge is 0.317 e. The Labute approximate surface area is 98.3 Å². The molecular formula is C10H15N3O4. The van der Waals surface area contributed by atoms with Gasteiger partial charge in [-0.15, -0.1) is 0 Å². The van der Waals surface area contributed by atoms with Crippen LogP contribution in [0.25, 0.3) is 0 Å². The first-order valence-electron chi connectivity index (χ1n) is 5.04. The normalized spacial score (nSPS) is 10.8. The molecule has 0 spiro atoms. The number of aryl methyl sites for hydroxylation is 2. The monoisotopic (exact) mass is 241 g/mol. The van der Waals surface area contributed by atoms with Crippen LogP contribution >= 0.6 is 0 Å². The highest BCUT2D eigenvalue weighted by Crippen LogP contribution is 2.06. The highest BCUT2D eigenvalue weighted by atomic mass is 16.4. The Bertz CT molecular complexity index is 411. The first-order valence-corrected chi connectivity index (χ1v) is 5.04. The maximum absolute atomic E-state index is 10.6. The maximum Gasteiger partial charge on any atom is 0.317 e. The summed E-state index contributed by atoms with van der Waals surface area (Å²) in [6.45, 7) is 1.45. The lowest BCUT2D eigenvalue weighted by molar-refractivity contribution is -0.142. The van der Waals surface area contributed by atoms with Gasteiger partial charge in [0, 0.05) is 13.6 Å². The van der Waals surface area contributed by atoms with Crippen molar-refractivity contribution in [1.82, 2.24) is 14.7 Å². The molecule has 7 heteroatoms. The van der Waals surface area contributed by atoms with Gasteiger partial charge in [-0.1, -0.05) is 0 Å². The van der Waals surface area contributed by atoms with Crippen molar-refractivity contribution in [3.63, 3.8) is 0 Å². The van der Waals surface area contributed by atoms with Gasteiger partial charge in [0.1, 0.15) is 0 Å². The third-order valence-corrected chi connectivity index (χ3v) is 2.20. The molecule has 0 saturated carbocycles. The molecule has 0 atom stereocenters. The first kappa shape index (κ1) is 13.2. The van der Waals surface area contributed by atoms with E-state index in [1.807, 2.05) is 6.92 Å². The number of nitrogens with zero attached hydrogens (tertiary/aromatic N) is 3. The molecule has 0 aliphatic carbocycles. The average Bonchev–Trinajstić information content (AvgIpc) is 2.42. The van der Waals surface area contributed by atoms with Crippen LogP contribution in [0, 0.1) is 6.92 Å². The largest absolute Gasteiger partial charge is 0.480 e. The molecule has 7 nitrogen and oxygen atoms in total.